The van der Waals surface area contributed by atoms with Crippen molar-refractivity contribution in [1.29, 1.82) is 0 Å². The number of carbonyl (C=O) groups excluding carboxylic acids is 1. The number of nitrogens with zero attached hydrogens (tertiary/aromatic N) is 1. The molecule has 0 spiro atoms. The maximum absolute atomic E-state index is 11.2. The summed E-state index contributed by atoms with van der Waals surface area (Å²) in [6.07, 6.45) is 1.57. The molecule has 1 unspecified atom stereocenters. The molecule has 0 bridgehead atoms. The summed E-state index contributed by atoms with van der Waals surface area (Å²) in [5, 5.41) is 1.45. The summed E-state index contributed by atoms with van der Waals surface area (Å²) in [5.74, 6) is 0.301. The van der Waals surface area contributed by atoms with Gasteiger partial charge in [-0.1, -0.05) is 11.6 Å². The number of rotatable bonds is 4. The minimum absolute atomic E-state index is 0.188. The number of hydrogen-bond donors (Lipinski definition) is 0. The molecule has 0 aliphatic carbocycles. The highest BCUT2D eigenvalue weighted by Crippen LogP contribution is 2.30. The summed E-state index contributed by atoms with van der Waals surface area (Å²) >= 11 is 6.10. The average Bonchev–Trinajstić information content (AvgIpc) is 2.42. The average molecular weight is 280 g/mol. The molecule has 5 heteroatoms. The third-order valence-corrected chi connectivity index (χ3v) is 3.02. The first-order chi connectivity index (χ1) is 9.11. The fourth-order valence-electron chi connectivity index (χ4n) is 1.78. The smallest absolute Gasteiger partial charge is 0.309 e. The number of ether oxygens (including phenoxy) is 2. The second-order valence-corrected chi connectivity index (χ2v) is 4.56. The second-order valence-electron chi connectivity index (χ2n) is 4.15. The Morgan fingerprint density at radius 2 is 2.21 bits per heavy atom. The third-order valence-electron chi connectivity index (χ3n) is 2.69. The zero-order valence-electron chi connectivity index (χ0n) is 10.7. The van der Waals surface area contributed by atoms with Gasteiger partial charge in [0.25, 0.3) is 0 Å². The van der Waals surface area contributed by atoms with Gasteiger partial charge in [0, 0.05) is 11.6 Å². The normalized spacial score (nSPS) is 12.2. The molecule has 0 aliphatic rings. The van der Waals surface area contributed by atoms with Crippen molar-refractivity contribution < 1.29 is 14.3 Å². The van der Waals surface area contributed by atoms with Gasteiger partial charge in [0.2, 0.25) is 0 Å². The van der Waals surface area contributed by atoms with Gasteiger partial charge in [-0.2, -0.15) is 0 Å². The van der Waals surface area contributed by atoms with E-state index >= 15 is 0 Å². The monoisotopic (exact) mass is 279 g/mol. The number of halogens is 1. The van der Waals surface area contributed by atoms with Gasteiger partial charge < -0.3 is 9.47 Å². The Morgan fingerprint density at radius 1 is 1.42 bits per heavy atom. The minimum atomic E-state index is -0.307. The first-order valence-electron chi connectivity index (χ1n) is 5.88. The molecule has 0 fully saturated rings. The maximum Gasteiger partial charge on any atom is 0.309 e. The van der Waals surface area contributed by atoms with Crippen LogP contribution in [-0.2, 0) is 9.53 Å². The number of aromatic nitrogens is 1. The van der Waals surface area contributed by atoms with Crippen LogP contribution >= 0.6 is 11.6 Å². The van der Waals surface area contributed by atoms with E-state index in [9.17, 15) is 4.79 Å². The second kappa shape index (κ2) is 5.89. The summed E-state index contributed by atoms with van der Waals surface area (Å²) in [4.78, 5) is 15.5. The zero-order valence-corrected chi connectivity index (χ0v) is 11.5. The number of hydrogen-bond acceptors (Lipinski definition) is 4. The summed E-state index contributed by atoms with van der Waals surface area (Å²) in [7, 11) is 1.36. The molecule has 1 heterocycles. The third kappa shape index (κ3) is 3.15. The Hall–Kier alpha value is -1.81. The van der Waals surface area contributed by atoms with E-state index in [1.807, 2.05) is 12.1 Å². The van der Waals surface area contributed by atoms with E-state index in [1.54, 1.807) is 25.3 Å². The highest BCUT2D eigenvalue weighted by atomic mass is 35.5. The standard InChI is InChI=1S/C14H14ClNO3/c1-9(8-13(17)18-2)19-12-6-5-11(15)10-4-3-7-16-14(10)12/h3-7,9H,8H2,1-2H3. The molecule has 19 heavy (non-hydrogen) atoms. The van der Waals surface area contributed by atoms with Crippen LogP contribution in [0.25, 0.3) is 10.9 Å². The van der Waals surface area contributed by atoms with Crippen LogP contribution in [0.2, 0.25) is 5.02 Å². The van der Waals surface area contributed by atoms with Crippen molar-refractivity contribution in [2.24, 2.45) is 0 Å². The van der Waals surface area contributed by atoms with E-state index < -0.39 is 0 Å². The molecular weight excluding hydrogens is 266 g/mol. The quantitative estimate of drug-likeness (QED) is 0.806. The summed E-state index contributed by atoms with van der Waals surface area (Å²) < 4.78 is 10.3. The van der Waals surface area contributed by atoms with Gasteiger partial charge in [-0.15, -0.1) is 0 Å². The number of methoxy groups -OCH3 is 1. The van der Waals surface area contributed by atoms with E-state index in [0.29, 0.717) is 16.3 Å². The van der Waals surface area contributed by atoms with E-state index in [1.165, 1.54) is 7.11 Å². The molecule has 1 atom stereocenters. The Balaban J connectivity index is 2.26. The van der Waals surface area contributed by atoms with Gasteiger partial charge >= 0.3 is 5.97 Å². The summed E-state index contributed by atoms with van der Waals surface area (Å²) in [6, 6.07) is 7.20. The number of pyridine rings is 1. The van der Waals surface area contributed by atoms with Crippen molar-refractivity contribution >= 4 is 28.5 Å². The van der Waals surface area contributed by atoms with Crippen LogP contribution in [0.3, 0.4) is 0 Å². The lowest BCUT2D eigenvalue weighted by Gasteiger charge is -2.15. The van der Waals surface area contributed by atoms with Crippen LogP contribution in [0, 0.1) is 0 Å². The molecule has 4 nitrogen and oxygen atoms in total. The summed E-state index contributed by atoms with van der Waals surface area (Å²) in [5.41, 5.74) is 0.687. The largest absolute Gasteiger partial charge is 0.488 e. The van der Waals surface area contributed by atoms with E-state index in [4.69, 9.17) is 16.3 Å². The maximum atomic E-state index is 11.2. The van der Waals surface area contributed by atoms with Crippen LogP contribution in [0.5, 0.6) is 5.75 Å². The van der Waals surface area contributed by atoms with Gasteiger partial charge in [0.1, 0.15) is 17.4 Å². The molecule has 2 rings (SSSR count). The van der Waals surface area contributed by atoms with Crippen molar-refractivity contribution in [3.8, 4) is 5.75 Å². The van der Waals surface area contributed by atoms with Crippen molar-refractivity contribution in [2.45, 2.75) is 19.4 Å². The molecule has 0 aliphatic heterocycles. The fourth-order valence-corrected chi connectivity index (χ4v) is 2.00. The highest BCUT2D eigenvalue weighted by molar-refractivity contribution is 6.35. The van der Waals surface area contributed by atoms with E-state index in [0.717, 1.165) is 5.39 Å². The van der Waals surface area contributed by atoms with Crippen LogP contribution < -0.4 is 4.74 Å². The number of benzene rings is 1. The van der Waals surface area contributed by atoms with Crippen LogP contribution in [-0.4, -0.2) is 24.2 Å². The first-order valence-corrected chi connectivity index (χ1v) is 6.26. The zero-order chi connectivity index (χ0) is 13.8. The molecule has 1 aromatic carbocycles. The van der Waals surface area contributed by atoms with Crippen molar-refractivity contribution in [3.63, 3.8) is 0 Å². The Labute approximate surface area is 116 Å². The van der Waals surface area contributed by atoms with Crippen LogP contribution in [0.4, 0.5) is 0 Å². The number of carbonyl (C=O) groups is 1. The van der Waals surface area contributed by atoms with Gasteiger partial charge in [-0.25, -0.2) is 0 Å². The molecule has 0 N–H and O–H groups in total. The molecule has 0 amide bonds. The number of esters is 1. The van der Waals surface area contributed by atoms with Crippen molar-refractivity contribution in [2.75, 3.05) is 7.11 Å². The van der Waals surface area contributed by atoms with Crippen LogP contribution in [0.1, 0.15) is 13.3 Å². The van der Waals surface area contributed by atoms with E-state index in [-0.39, 0.29) is 18.5 Å². The van der Waals surface area contributed by atoms with Crippen LogP contribution in [0.15, 0.2) is 30.5 Å². The highest BCUT2D eigenvalue weighted by Gasteiger charge is 2.13. The minimum Gasteiger partial charge on any atom is -0.488 e. The Bertz CT molecular complexity index is 600. The van der Waals surface area contributed by atoms with Gasteiger partial charge in [-0.05, 0) is 31.2 Å². The molecule has 100 valence electrons. The topological polar surface area (TPSA) is 48.4 Å². The molecule has 0 saturated carbocycles. The van der Waals surface area contributed by atoms with Gasteiger partial charge in [0.15, 0.2) is 0 Å². The number of fused-ring (bicyclic) bond motifs is 1. The van der Waals surface area contributed by atoms with E-state index in [2.05, 4.69) is 9.72 Å². The lowest BCUT2D eigenvalue weighted by Crippen LogP contribution is -2.18. The lowest BCUT2D eigenvalue weighted by molar-refractivity contribution is -0.142. The molecule has 1 aromatic heterocycles. The van der Waals surface area contributed by atoms with Gasteiger partial charge in [0.05, 0.1) is 18.6 Å². The Morgan fingerprint density at radius 3 is 2.95 bits per heavy atom. The first kappa shape index (κ1) is 13.6. The molecule has 0 saturated heterocycles. The lowest BCUT2D eigenvalue weighted by atomic mass is 10.2. The molecule has 2 aromatic rings. The predicted octanol–water partition coefficient (Wildman–Crippen LogP) is 3.22. The molecular formula is C14H14ClNO3. The Kier molecular flexibility index (Phi) is 4.22. The van der Waals surface area contributed by atoms with Crippen molar-refractivity contribution in [3.05, 3.63) is 35.5 Å². The summed E-state index contributed by atoms with van der Waals surface area (Å²) in [6.45, 7) is 1.81. The predicted molar refractivity (Wildman–Crippen MR) is 73.5 cm³/mol. The van der Waals surface area contributed by atoms with Gasteiger partial charge in [-0.3, -0.25) is 9.78 Å². The van der Waals surface area contributed by atoms with Crippen molar-refractivity contribution in [1.82, 2.24) is 4.98 Å². The fraction of sp³-hybridized carbons (Fsp3) is 0.286. The molecule has 0 radical (unpaired) electrons. The SMILES string of the molecule is COC(=O)CC(C)Oc1ccc(Cl)c2cccnc12.